The molecule has 1 aromatic rings. The highest BCUT2D eigenvalue weighted by Crippen LogP contribution is 2.36. The van der Waals surface area contributed by atoms with Gasteiger partial charge < -0.3 is 5.73 Å². The summed E-state index contributed by atoms with van der Waals surface area (Å²) < 4.78 is 24.3. The second-order valence-corrected chi connectivity index (χ2v) is 4.66. The van der Waals surface area contributed by atoms with Crippen LogP contribution in [-0.4, -0.2) is 6.43 Å². The van der Waals surface area contributed by atoms with Crippen molar-refractivity contribution in [1.29, 1.82) is 0 Å². The van der Waals surface area contributed by atoms with E-state index < -0.39 is 6.43 Å². The lowest BCUT2D eigenvalue weighted by molar-refractivity contribution is 0.149. The number of hydrogen-bond donors (Lipinski definition) is 1. The van der Waals surface area contributed by atoms with Crippen LogP contribution in [0.5, 0.6) is 0 Å². The van der Waals surface area contributed by atoms with Crippen LogP contribution >= 0.6 is 0 Å². The van der Waals surface area contributed by atoms with Crippen LogP contribution in [0, 0.1) is 0 Å². The monoisotopic (exact) mass is 225 g/mol. The Balaban J connectivity index is 2.12. The topological polar surface area (TPSA) is 26.0 Å². The highest BCUT2D eigenvalue weighted by atomic mass is 19.3. The first-order valence-corrected chi connectivity index (χ1v) is 5.77. The van der Waals surface area contributed by atoms with Crippen molar-refractivity contribution in [3.05, 3.63) is 35.4 Å². The lowest BCUT2D eigenvalue weighted by atomic mass is 9.89. The highest BCUT2D eigenvalue weighted by molar-refractivity contribution is 5.29. The molecule has 1 saturated carbocycles. The van der Waals surface area contributed by atoms with Gasteiger partial charge in [0.25, 0.3) is 0 Å². The van der Waals surface area contributed by atoms with Crippen LogP contribution in [0.1, 0.15) is 36.8 Å². The number of benzene rings is 1. The third kappa shape index (κ3) is 2.40. The zero-order chi connectivity index (χ0) is 11.6. The minimum atomic E-state index is -2.27. The predicted octanol–water partition coefficient (Wildman–Crippen LogP) is 3.22. The van der Waals surface area contributed by atoms with E-state index in [9.17, 15) is 8.78 Å². The van der Waals surface area contributed by atoms with Crippen LogP contribution in [0.3, 0.4) is 0 Å². The second-order valence-electron chi connectivity index (χ2n) is 4.66. The lowest BCUT2D eigenvalue weighted by Crippen LogP contribution is -2.32. The van der Waals surface area contributed by atoms with E-state index in [0.29, 0.717) is 5.56 Å². The van der Waals surface area contributed by atoms with Gasteiger partial charge in [-0.15, -0.1) is 0 Å². The Bertz CT molecular complexity index is 339. The van der Waals surface area contributed by atoms with Crippen LogP contribution in [0.15, 0.2) is 24.3 Å². The fourth-order valence-electron chi connectivity index (χ4n) is 2.45. The van der Waals surface area contributed by atoms with E-state index in [0.717, 1.165) is 31.2 Å². The van der Waals surface area contributed by atoms with E-state index in [4.69, 9.17) is 5.73 Å². The minimum Gasteiger partial charge on any atom is -0.321 e. The zero-order valence-electron chi connectivity index (χ0n) is 9.26. The standard InChI is InChI=1S/C13H17F2N/c14-12(15)9-10-3-5-11(6-4-10)13(16)7-1-2-8-13/h3-6,12H,1-2,7-9,16H2. The summed E-state index contributed by atoms with van der Waals surface area (Å²) >= 11 is 0. The molecule has 0 aromatic heterocycles. The summed E-state index contributed by atoms with van der Waals surface area (Å²) in [5.74, 6) is 0. The van der Waals surface area contributed by atoms with Crippen molar-refractivity contribution in [2.24, 2.45) is 5.73 Å². The van der Waals surface area contributed by atoms with E-state index in [1.165, 1.54) is 0 Å². The molecule has 2 rings (SSSR count). The highest BCUT2D eigenvalue weighted by Gasteiger charge is 2.30. The molecule has 0 bridgehead atoms. The first-order chi connectivity index (χ1) is 7.60. The van der Waals surface area contributed by atoms with E-state index in [2.05, 4.69) is 0 Å². The maximum absolute atomic E-state index is 12.2. The molecule has 88 valence electrons. The lowest BCUT2D eigenvalue weighted by Gasteiger charge is -2.24. The number of alkyl halides is 2. The average molecular weight is 225 g/mol. The van der Waals surface area contributed by atoms with Gasteiger partial charge in [-0.1, -0.05) is 37.1 Å². The Morgan fingerprint density at radius 1 is 1.12 bits per heavy atom. The van der Waals surface area contributed by atoms with Crippen LogP contribution in [0.2, 0.25) is 0 Å². The van der Waals surface area contributed by atoms with Crippen molar-refractivity contribution >= 4 is 0 Å². The Labute approximate surface area is 94.7 Å². The van der Waals surface area contributed by atoms with E-state index in [1.54, 1.807) is 12.1 Å². The predicted molar refractivity (Wildman–Crippen MR) is 60.5 cm³/mol. The molecule has 0 atom stereocenters. The number of rotatable bonds is 3. The van der Waals surface area contributed by atoms with Crippen molar-refractivity contribution < 1.29 is 8.78 Å². The van der Waals surface area contributed by atoms with Crippen molar-refractivity contribution in [1.82, 2.24) is 0 Å². The quantitative estimate of drug-likeness (QED) is 0.839. The van der Waals surface area contributed by atoms with Crippen molar-refractivity contribution in [3.63, 3.8) is 0 Å². The zero-order valence-corrected chi connectivity index (χ0v) is 9.26. The normalized spacial score (nSPS) is 19.2. The summed E-state index contributed by atoms with van der Waals surface area (Å²) in [6.07, 6.45) is 1.88. The molecular weight excluding hydrogens is 208 g/mol. The molecular formula is C13H17F2N. The van der Waals surface area contributed by atoms with Gasteiger partial charge in [0.05, 0.1) is 0 Å². The molecule has 1 aliphatic rings. The van der Waals surface area contributed by atoms with Gasteiger partial charge in [0.15, 0.2) is 0 Å². The van der Waals surface area contributed by atoms with Gasteiger partial charge in [-0.25, -0.2) is 8.78 Å². The molecule has 0 radical (unpaired) electrons. The molecule has 0 aliphatic heterocycles. The molecule has 0 amide bonds. The van der Waals surface area contributed by atoms with Gasteiger partial charge in [-0.3, -0.25) is 0 Å². The van der Waals surface area contributed by atoms with Gasteiger partial charge in [0.1, 0.15) is 0 Å². The Hall–Kier alpha value is -0.960. The molecule has 1 aromatic carbocycles. The molecule has 16 heavy (non-hydrogen) atoms. The van der Waals surface area contributed by atoms with E-state index in [1.807, 2.05) is 12.1 Å². The molecule has 1 nitrogen and oxygen atoms in total. The van der Waals surface area contributed by atoms with Gasteiger partial charge >= 0.3 is 0 Å². The van der Waals surface area contributed by atoms with E-state index in [-0.39, 0.29) is 12.0 Å². The molecule has 0 unspecified atom stereocenters. The summed E-state index contributed by atoms with van der Waals surface area (Å²) in [4.78, 5) is 0. The first kappa shape index (κ1) is 11.5. The minimum absolute atomic E-state index is 0.169. The molecule has 2 N–H and O–H groups in total. The summed E-state index contributed by atoms with van der Waals surface area (Å²) in [7, 11) is 0. The summed E-state index contributed by atoms with van der Waals surface area (Å²) in [6, 6.07) is 7.36. The molecule has 3 heteroatoms. The third-order valence-corrected chi connectivity index (χ3v) is 3.41. The van der Waals surface area contributed by atoms with Gasteiger partial charge in [0.2, 0.25) is 6.43 Å². The maximum Gasteiger partial charge on any atom is 0.242 e. The summed E-state index contributed by atoms with van der Waals surface area (Å²) in [5.41, 5.74) is 7.83. The molecule has 0 saturated heterocycles. The van der Waals surface area contributed by atoms with Gasteiger partial charge in [-0.2, -0.15) is 0 Å². The van der Waals surface area contributed by atoms with Crippen molar-refractivity contribution in [2.45, 2.75) is 44.1 Å². The van der Waals surface area contributed by atoms with Gasteiger partial charge in [0, 0.05) is 12.0 Å². The van der Waals surface area contributed by atoms with E-state index >= 15 is 0 Å². The number of halogens is 2. The van der Waals surface area contributed by atoms with Crippen LogP contribution < -0.4 is 5.73 Å². The average Bonchev–Trinajstić information content (AvgIpc) is 2.66. The SMILES string of the molecule is NC1(c2ccc(CC(F)F)cc2)CCCC1. The summed E-state index contributed by atoms with van der Waals surface area (Å²) in [6.45, 7) is 0. The number of nitrogens with two attached hydrogens (primary N) is 1. The Kier molecular flexibility index (Phi) is 3.24. The molecule has 1 fully saturated rings. The third-order valence-electron chi connectivity index (χ3n) is 3.41. The van der Waals surface area contributed by atoms with Gasteiger partial charge in [-0.05, 0) is 24.0 Å². The fourth-order valence-corrected chi connectivity index (χ4v) is 2.45. The summed E-state index contributed by atoms with van der Waals surface area (Å²) in [5, 5.41) is 0. The first-order valence-electron chi connectivity index (χ1n) is 5.77. The van der Waals surface area contributed by atoms with Crippen molar-refractivity contribution in [3.8, 4) is 0 Å². The molecule has 0 spiro atoms. The van der Waals surface area contributed by atoms with Crippen LogP contribution in [0.25, 0.3) is 0 Å². The van der Waals surface area contributed by atoms with Crippen LogP contribution in [-0.2, 0) is 12.0 Å². The maximum atomic E-state index is 12.2. The largest absolute Gasteiger partial charge is 0.321 e. The Morgan fingerprint density at radius 2 is 1.69 bits per heavy atom. The fraction of sp³-hybridized carbons (Fsp3) is 0.538. The smallest absolute Gasteiger partial charge is 0.242 e. The molecule has 1 aliphatic carbocycles. The Morgan fingerprint density at radius 3 is 2.19 bits per heavy atom. The van der Waals surface area contributed by atoms with Crippen molar-refractivity contribution in [2.75, 3.05) is 0 Å². The number of hydrogen-bond acceptors (Lipinski definition) is 1. The second kappa shape index (κ2) is 4.50. The van der Waals surface area contributed by atoms with Crippen LogP contribution in [0.4, 0.5) is 8.78 Å². The molecule has 0 heterocycles.